The van der Waals surface area contributed by atoms with Gasteiger partial charge in [-0.15, -0.1) is 0 Å². The summed E-state index contributed by atoms with van der Waals surface area (Å²) < 4.78 is 9.63. The summed E-state index contributed by atoms with van der Waals surface area (Å²) in [5.74, 6) is 0.622. The zero-order valence-electron chi connectivity index (χ0n) is 8.49. The molecule has 0 heterocycles. The summed E-state index contributed by atoms with van der Waals surface area (Å²) in [6.07, 6.45) is 4.35. The van der Waals surface area contributed by atoms with Crippen molar-refractivity contribution in [2.24, 2.45) is 0 Å². The molecule has 0 amide bonds. The second kappa shape index (κ2) is 8.70. The van der Waals surface area contributed by atoms with Crippen LogP contribution in [0.1, 0.15) is 19.8 Å². The van der Waals surface area contributed by atoms with Crippen molar-refractivity contribution in [3.63, 3.8) is 0 Å². The molecule has 80 valence electrons. The van der Waals surface area contributed by atoms with Crippen LogP contribution in [0, 0.1) is 11.5 Å². The lowest BCUT2D eigenvalue weighted by molar-refractivity contribution is -0.146. The van der Waals surface area contributed by atoms with Gasteiger partial charge in [0.1, 0.15) is 12.7 Å². The highest BCUT2D eigenvalue weighted by Crippen LogP contribution is 2.05. The number of rotatable bonds is 7. The van der Waals surface area contributed by atoms with E-state index in [0.29, 0.717) is 12.8 Å². The van der Waals surface area contributed by atoms with Gasteiger partial charge in [-0.05, 0) is 18.4 Å². The minimum absolute atomic E-state index is 0.167. The first-order valence-corrected chi connectivity index (χ1v) is 5.83. The average molecular weight is 217 g/mol. The van der Waals surface area contributed by atoms with Crippen LogP contribution in [-0.2, 0) is 14.3 Å². The molecule has 1 unspecified atom stereocenters. The average Bonchev–Trinajstić information content (AvgIpc) is 2.21. The van der Waals surface area contributed by atoms with Gasteiger partial charge in [0.2, 0.25) is 0 Å². The van der Waals surface area contributed by atoms with Crippen LogP contribution in [0.5, 0.6) is 0 Å². The third kappa shape index (κ3) is 6.61. The molecule has 0 saturated carbocycles. The van der Waals surface area contributed by atoms with Crippen molar-refractivity contribution in [2.75, 3.05) is 18.6 Å². The predicted molar refractivity (Wildman–Crippen MR) is 54.7 cm³/mol. The predicted octanol–water partition coefficient (Wildman–Crippen LogP) is 1.56. The van der Waals surface area contributed by atoms with Crippen molar-refractivity contribution in [3.05, 3.63) is 0 Å². The Morgan fingerprint density at radius 3 is 2.86 bits per heavy atom. The molecular formula is C9H15NO3S. The van der Waals surface area contributed by atoms with Crippen LogP contribution >= 0.6 is 11.8 Å². The summed E-state index contributed by atoms with van der Waals surface area (Å²) in [6.45, 7) is 1.89. The van der Waals surface area contributed by atoms with Crippen LogP contribution in [0.3, 0.4) is 0 Å². The summed E-state index contributed by atoms with van der Waals surface area (Å²) in [6, 6.07) is 0. The summed E-state index contributed by atoms with van der Waals surface area (Å²) in [7, 11) is 0. The van der Waals surface area contributed by atoms with Gasteiger partial charge in [-0.25, -0.2) is 0 Å². The molecule has 5 heteroatoms. The molecule has 0 fully saturated rings. The van der Waals surface area contributed by atoms with Gasteiger partial charge in [0.25, 0.3) is 6.26 Å². The highest BCUT2D eigenvalue weighted by molar-refractivity contribution is 7.98. The first kappa shape index (κ1) is 13.1. The van der Waals surface area contributed by atoms with E-state index in [1.807, 2.05) is 6.26 Å². The molecule has 0 aliphatic heterocycles. The number of ether oxygens (including phenoxy) is 2. The van der Waals surface area contributed by atoms with Gasteiger partial charge in [0.15, 0.2) is 0 Å². The lowest BCUT2D eigenvalue weighted by Gasteiger charge is -2.12. The summed E-state index contributed by atoms with van der Waals surface area (Å²) in [4.78, 5) is 10.8. The van der Waals surface area contributed by atoms with Crippen molar-refractivity contribution in [1.29, 1.82) is 5.26 Å². The molecule has 0 saturated heterocycles. The van der Waals surface area contributed by atoms with Crippen molar-refractivity contribution in [3.8, 4) is 6.26 Å². The van der Waals surface area contributed by atoms with Gasteiger partial charge >= 0.3 is 5.97 Å². The molecule has 0 aromatic carbocycles. The molecule has 0 N–H and O–H groups in total. The third-order valence-electron chi connectivity index (χ3n) is 1.58. The highest BCUT2D eigenvalue weighted by Gasteiger charge is 2.11. The zero-order valence-corrected chi connectivity index (χ0v) is 9.30. The normalized spacial score (nSPS) is 11.5. The molecule has 4 nitrogen and oxygen atoms in total. The van der Waals surface area contributed by atoms with Crippen molar-refractivity contribution in [2.45, 2.75) is 25.9 Å². The Balaban J connectivity index is 3.73. The maximum atomic E-state index is 10.8. The van der Waals surface area contributed by atoms with Crippen molar-refractivity contribution in [1.82, 2.24) is 0 Å². The number of esters is 1. The van der Waals surface area contributed by atoms with Crippen LogP contribution in [0.4, 0.5) is 0 Å². The topological polar surface area (TPSA) is 59.3 Å². The van der Waals surface area contributed by atoms with E-state index in [-0.39, 0.29) is 18.7 Å². The maximum Gasteiger partial charge on any atom is 0.305 e. The van der Waals surface area contributed by atoms with Gasteiger partial charge in [-0.1, -0.05) is 6.92 Å². The van der Waals surface area contributed by atoms with E-state index in [2.05, 4.69) is 0 Å². The molecule has 0 aliphatic carbocycles. The fourth-order valence-corrected chi connectivity index (χ4v) is 1.29. The van der Waals surface area contributed by atoms with Crippen LogP contribution in [0.25, 0.3) is 0 Å². The monoisotopic (exact) mass is 217 g/mol. The van der Waals surface area contributed by atoms with Crippen LogP contribution < -0.4 is 0 Å². The van der Waals surface area contributed by atoms with E-state index in [1.54, 1.807) is 24.9 Å². The number of nitriles is 1. The summed E-state index contributed by atoms with van der Waals surface area (Å²) >= 11 is 1.67. The maximum absolute atomic E-state index is 10.8. The van der Waals surface area contributed by atoms with E-state index < -0.39 is 0 Å². The Labute approximate surface area is 88.6 Å². The zero-order chi connectivity index (χ0) is 10.8. The fraction of sp³-hybridized carbons (Fsp3) is 0.778. The minimum atomic E-state index is -0.303. The first-order valence-electron chi connectivity index (χ1n) is 4.43. The Kier molecular flexibility index (Phi) is 8.14. The largest absolute Gasteiger partial charge is 0.462 e. The molecule has 14 heavy (non-hydrogen) atoms. The first-order chi connectivity index (χ1) is 6.74. The number of nitrogens with zero attached hydrogens (tertiary/aromatic N) is 1. The summed E-state index contributed by atoms with van der Waals surface area (Å²) in [5.41, 5.74) is 0. The molecule has 0 spiro atoms. The number of carbonyl (C=O) groups is 1. The Morgan fingerprint density at radius 2 is 2.36 bits per heavy atom. The standard InChI is InChI=1S/C9H15NO3S/c1-3-9(11)12-6-8(13-7-10)4-5-14-2/h8H,3-6H2,1-2H3. The Morgan fingerprint density at radius 1 is 1.64 bits per heavy atom. The van der Waals surface area contributed by atoms with Gasteiger partial charge in [-0.3, -0.25) is 4.79 Å². The van der Waals surface area contributed by atoms with Crippen LogP contribution in [-0.4, -0.2) is 30.7 Å². The lowest BCUT2D eigenvalue weighted by atomic mass is 10.3. The van der Waals surface area contributed by atoms with Gasteiger partial charge in [0.05, 0.1) is 0 Å². The Bertz CT molecular complexity index is 203. The van der Waals surface area contributed by atoms with E-state index in [4.69, 9.17) is 14.7 Å². The molecule has 0 aliphatic rings. The number of hydrogen-bond donors (Lipinski definition) is 0. The highest BCUT2D eigenvalue weighted by atomic mass is 32.2. The molecule has 0 rings (SSSR count). The molecule has 0 aromatic heterocycles. The fourth-order valence-electron chi connectivity index (χ4n) is 0.788. The minimum Gasteiger partial charge on any atom is -0.462 e. The SMILES string of the molecule is CCC(=O)OCC(CCSC)OC#N. The van der Waals surface area contributed by atoms with Crippen LogP contribution in [0.15, 0.2) is 0 Å². The third-order valence-corrected chi connectivity index (χ3v) is 2.23. The van der Waals surface area contributed by atoms with Crippen LogP contribution in [0.2, 0.25) is 0 Å². The van der Waals surface area contributed by atoms with E-state index in [1.165, 1.54) is 0 Å². The van der Waals surface area contributed by atoms with Crippen molar-refractivity contribution >= 4 is 17.7 Å². The number of carbonyl (C=O) groups excluding carboxylic acids is 1. The van der Waals surface area contributed by atoms with Crippen molar-refractivity contribution < 1.29 is 14.3 Å². The smallest absolute Gasteiger partial charge is 0.305 e. The Hall–Kier alpha value is -0.890. The summed E-state index contributed by atoms with van der Waals surface area (Å²) in [5, 5.41) is 8.34. The van der Waals surface area contributed by atoms with Gasteiger partial charge in [0, 0.05) is 6.42 Å². The molecular weight excluding hydrogens is 202 g/mol. The number of thioether (sulfide) groups is 1. The second-order valence-corrected chi connectivity index (χ2v) is 3.63. The van der Waals surface area contributed by atoms with E-state index in [0.717, 1.165) is 5.75 Å². The number of hydrogen-bond acceptors (Lipinski definition) is 5. The second-order valence-electron chi connectivity index (χ2n) is 2.65. The van der Waals surface area contributed by atoms with Gasteiger partial charge < -0.3 is 9.47 Å². The molecule has 0 aromatic rings. The molecule has 0 bridgehead atoms. The quantitative estimate of drug-likeness (QED) is 0.478. The molecule has 1 atom stereocenters. The lowest BCUT2D eigenvalue weighted by Crippen LogP contribution is -2.21. The molecule has 0 radical (unpaired) electrons. The van der Waals surface area contributed by atoms with Gasteiger partial charge in [-0.2, -0.15) is 17.0 Å². The van der Waals surface area contributed by atoms with E-state index in [9.17, 15) is 4.79 Å². The van der Waals surface area contributed by atoms with E-state index >= 15 is 0 Å².